The predicted molar refractivity (Wildman–Crippen MR) is 122 cm³/mol. The Bertz CT molecular complexity index is 1130. The fourth-order valence-corrected chi connectivity index (χ4v) is 4.64. The molecule has 2 aliphatic carbocycles. The van der Waals surface area contributed by atoms with E-state index in [0.29, 0.717) is 36.2 Å². The average Bonchev–Trinajstić information content (AvgIpc) is 3.50. The lowest BCUT2D eigenvalue weighted by molar-refractivity contribution is 0.0992. The second kappa shape index (κ2) is 7.85. The summed E-state index contributed by atoms with van der Waals surface area (Å²) in [6.45, 7) is 0.538. The van der Waals surface area contributed by atoms with Gasteiger partial charge in [0.1, 0.15) is 11.5 Å². The quantitative estimate of drug-likeness (QED) is 0.618. The van der Waals surface area contributed by atoms with Crippen molar-refractivity contribution in [2.75, 3.05) is 15.5 Å². The Balaban J connectivity index is 1.04. The Kier molecular flexibility index (Phi) is 4.70. The summed E-state index contributed by atoms with van der Waals surface area (Å²) in [6, 6.07) is 8.39. The van der Waals surface area contributed by atoms with Crippen LogP contribution in [0, 0.1) is 0 Å². The zero-order chi connectivity index (χ0) is 21.5. The highest BCUT2D eigenvalue weighted by atomic mass is 16.2. The molecule has 0 radical (unpaired) electrons. The molecule has 3 aliphatic rings. The van der Waals surface area contributed by atoms with E-state index in [1.807, 2.05) is 36.7 Å². The topological polar surface area (TPSA) is 95.9 Å². The van der Waals surface area contributed by atoms with Gasteiger partial charge in [-0.2, -0.15) is 0 Å². The van der Waals surface area contributed by atoms with Crippen molar-refractivity contribution < 1.29 is 4.79 Å². The van der Waals surface area contributed by atoms with E-state index in [4.69, 9.17) is 0 Å². The van der Waals surface area contributed by atoms with Crippen molar-refractivity contribution in [2.45, 2.75) is 56.7 Å². The summed E-state index contributed by atoms with van der Waals surface area (Å²) in [5.41, 5.74) is 3.53. The number of carbonyl (C=O) groups excluding carboxylic acids is 1. The van der Waals surface area contributed by atoms with Crippen molar-refractivity contribution >= 4 is 23.4 Å². The molecule has 32 heavy (non-hydrogen) atoms. The van der Waals surface area contributed by atoms with Crippen LogP contribution in [0.2, 0.25) is 0 Å². The summed E-state index contributed by atoms with van der Waals surface area (Å²) in [4.78, 5) is 32.1. The first-order valence-electron chi connectivity index (χ1n) is 11.3. The lowest BCUT2D eigenvalue weighted by Crippen LogP contribution is -2.24. The molecule has 3 aromatic heterocycles. The number of amides is 1. The Morgan fingerprint density at radius 3 is 2.41 bits per heavy atom. The van der Waals surface area contributed by atoms with Gasteiger partial charge in [-0.15, -0.1) is 0 Å². The number of nitrogens with one attached hydrogen (secondary N) is 2. The van der Waals surface area contributed by atoms with E-state index in [1.165, 1.54) is 18.4 Å². The molecule has 2 fully saturated rings. The molecule has 1 aliphatic heterocycles. The molecular weight excluding hydrogens is 402 g/mol. The van der Waals surface area contributed by atoms with Gasteiger partial charge in [0.15, 0.2) is 0 Å². The van der Waals surface area contributed by atoms with E-state index < -0.39 is 0 Å². The number of fused-ring (bicyclic) bond motifs is 1. The van der Waals surface area contributed by atoms with E-state index in [9.17, 15) is 4.79 Å². The summed E-state index contributed by atoms with van der Waals surface area (Å²) < 4.78 is 0. The van der Waals surface area contributed by atoms with E-state index in [1.54, 1.807) is 17.3 Å². The first-order valence-corrected chi connectivity index (χ1v) is 11.3. The Morgan fingerprint density at radius 2 is 1.69 bits per heavy atom. The lowest BCUT2D eigenvalue weighted by atomic mass is 10.2. The summed E-state index contributed by atoms with van der Waals surface area (Å²) in [7, 11) is 0. The Labute approximate surface area is 186 Å². The molecule has 2 atom stereocenters. The van der Waals surface area contributed by atoms with Gasteiger partial charge in [0.2, 0.25) is 5.95 Å². The fraction of sp³-hybridized carbons (Fsp3) is 0.375. The van der Waals surface area contributed by atoms with Gasteiger partial charge in [-0.1, -0.05) is 6.07 Å². The minimum Gasteiger partial charge on any atom is -0.367 e. The number of pyridine rings is 2. The number of hydrogen-bond donors (Lipinski definition) is 2. The van der Waals surface area contributed by atoms with Crippen LogP contribution in [0.3, 0.4) is 0 Å². The molecule has 1 amide bonds. The maximum absolute atomic E-state index is 12.6. The van der Waals surface area contributed by atoms with Crippen LogP contribution in [0.25, 0.3) is 0 Å². The molecule has 0 bridgehead atoms. The van der Waals surface area contributed by atoms with Crippen LogP contribution >= 0.6 is 0 Å². The van der Waals surface area contributed by atoms with Crippen LogP contribution in [0.15, 0.2) is 49.1 Å². The van der Waals surface area contributed by atoms with Crippen LogP contribution in [-0.2, 0) is 6.54 Å². The first kappa shape index (κ1) is 19.2. The highest BCUT2D eigenvalue weighted by molar-refractivity contribution is 6.08. The molecule has 8 heteroatoms. The van der Waals surface area contributed by atoms with Gasteiger partial charge >= 0.3 is 0 Å². The number of rotatable bonds is 6. The van der Waals surface area contributed by atoms with Crippen molar-refractivity contribution in [2.24, 2.45) is 0 Å². The van der Waals surface area contributed by atoms with Crippen molar-refractivity contribution in [1.29, 1.82) is 0 Å². The third-order valence-corrected chi connectivity index (χ3v) is 6.57. The number of anilines is 3. The maximum Gasteiger partial charge on any atom is 0.277 e. The minimum absolute atomic E-state index is 0.0693. The standard InChI is InChI=1S/C24H25N7O/c32-23-22-16(2-1-9-25-22)14-31(23)20-7-8-21(26-13-20)29-18-5-6-19(10-18)30-24-27-11-17(12-28-24)15-3-4-15/h1-2,7-9,11-13,15,18-19H,3-6,10,14H2,(H,26,29)(H,27,28,30)/t18-,19-/m0/s1. The van der Waals surface area contributed by atoms with Crippen LogP contribution in [0.4, 0.5) is 17.5 Å². The van der Waals surface area contributed by atoms with Gasteiger partial charge in [0, 0.05) is 36.2 Å². The summed E-state index contributed by atoms with van der Waals surface area (Å²) in [5, 5.41) is 7.00. The first-order chi connectivity index (χ1) is 15.7. The molecule has 4 heterocycles. The van der Waals surface area contributed by atoms with E-state index in [2.05, 4.69) is 30.6 Å². The third kappa shape index (κ3) is 3.77. The van der Waals surface area contributed by atoms with Crippen molar-refractivity contribution in [1.82, 2.24) is 19.9 Å². The molecule has 2 saturated carbocycles. The molecule has 0 spiro atoms. The number of nitrogens with zero attached hydrogens (tertiary/aromatic N) is 5. The van der Waals surface area contributed by atoms with Gasteiger partial charge in [-0.3, -0.25) is 9.78 Å². The van der Waals surface area contributed by atoms with E-state index >= 15 is 0 Å². The number of carbonyl (C=O) groups is 1. The molecule has 0 unspecified atom stereocenters. The maximum atomic E-state index is 12.6. The summed E-state index contributed by atoms with van der Waals surface area (Å²) in [6.07, 6.45) is 13.0. The minimum atomic E-state index is -0.0693. The zero-order valence-electron chi connectivity index (χ0n) is 17.7. The Hall–Kier alpha value is -3.55. The fourth-order valence-electron chi connectivity index (χ4n) is 4.64. The highest BCUT2D eigenvalue weighted by Crippen LogP contribution is 2.39. The highest BCUT2D eigenvalue weighted by Gasteiger charge is 2.30. The van der Waals surface area contributed by atoms with Gasteiger partial charge in [-0.25, -0.2) is 15.0 Å². The largest absolute Gasteiger partial charge is 0.367 e. The molecular formula is C24H25N7O. The van der Waals surface area contributed by atoms with Gasteiger partial charge in [0.05, 0.1) is 18.4 Å². The van der Waals surface area contributed by atoms with E-state index in [-0.39, 0.29) is 5.91 Å². The predicted octanol–water partition coefficient (Wildman–Crippen LogP) is 3.75. The van der Waals surface area contributed by atoms with Crippen molar-refractivity contribution in [3.05, 3.63) is 65.9 Å². The van der Waals surface area contributed by atoms with Crippen LogP contribution in [-0.4, -0.2) is 37.9 Å². The average molecular weight is 428 g/mol. The van der Waals surface area contributed by atoms with Crippen molar-refractivity contribution in [3.8, 4) is 0 Å². The van der Waals surface area contributed by atoms with Crippen LogP contribution in [0.5, 0.6) is 0 Å². The Morgan fingerprint density at radius 1 is 0.875 bits per heavy atom. The molecule has 162 valence electrons. The van der Waals surface area contributed by atoms with Gasteiger partial charge in [0.25, 0.3) is 5.91 Å². The van der Waals surface area contributed by atoms with Crippen molar-refractivity contribution in [3.63, 3.8) is 0 Å². The molecule has 3 aromatic rings. The summed E-state index contributed by atoms with van der Waals surface area (Å²) in [5.74, 6) is 2.15. The van der Waals surface area contributed by atoms with Gasteiger partial charge < -0.3 is 15.5 Å². The molecule has 0 aromatic carbocycles. The van der Waals surface area contributed by atoms with Crippen LogP contribution < -0.4 is 15.5 Å². The number of aromatic nitrogens is 4. The van der Waals surface area contributed by atoms with E-state index in [0.717, 1.165) is 36.3 Å². The van der Waals surface area contributed by atoms with Crippen LogP contribution in [0.1, 0.15) is 59.6 Å². The summed E-state index contributed by atoms with van der Waals surface area (Å²) >= 11 is 0. The van der Waals surface area contributed by atoms with Gasteiger partial charge in [-0.05, 0) is 61.8 Å². The normalized spacial score (nSPS) is 22.1. The third-order valence-electron chi connectivity index (χ3n) is 6.57. The molecule has 0 saturated heterocycles. The lowest BCUT2D eigenvalue weighted by Gasteiger charge is -2.17. The number of hydrogen-bond acceptors (Lipinski definition) is 7. The molecule has 6 rings (SSSR count). The SMILES string of the molecule is O=C1c2ncccc2CN1c1ccc(N[C@H]2CC[C@H](Nc3ncc(C4CC4)cn3)C2)nc1. The molecule has 2 N–H and O–H groups in total. The molecule has 8 nitrogen and oxygen atoms in total. The second-order valence-corrected chi connectivity index (χ2v) is 8.91. The monoisotopic (exact) mass is 427 g/mol. The zero-order valence-corrected chi connectivity index (χ0v) is 17.7. The second-order valence-electron chi connectivity index (χ2n) is 8.91. The smallest absolute Gasteiger partial charge is 0.277 e.